The summed E-state index contributed by atoms with van der Waals surface area (Å²) in [6.45, 7) is 6.19. The van der Waals surface area contributed by atoms with Crippen LogP contribution in [0.1, 0.15) is 57.9 Å². The molecule has 4 aromatic carbocycles. The van der Waals surface area contributed by atoms with Crippen molar-refractivity contribution in [1.82, 2.24) is 0 Å². The van der Waals surface area contributed by atoms with E-state index in [0.717, 1.165) is 61.6 Å². The molecule has 0 saturated heterocycles. The van der Waals surface area contributed by atoms with Crippen LogP contribution in [0.15, 0.2) is 72.8 Å². The van der Waals surface area contributed by atoms with Crippen molar-refractivity contribution in [3.63, 3.8) is 0 Å². The quantitative estimate of drug-likeness (QED) is 0.155. The Morgan fingerprint density at radius 3 is 1.76 bits per heavy atom. The molecule has 0 atom stereocenters. The minimum atomic E-state index is -4.06. The van der Waals surface area contributed by atoms with Crippen LogP contribution in [0.25, 0.3) is 22.3 Å². The zero-order valence-electron chi connectivity index (χ0n) is 25.3. The van der Waals surface area contributed by atoms with Crippen LogP contribution in [0, 0.1) is 40.8 Å². The van der Waals surface area contributed by atoms with Gasteiger partial charge in [-0.25, -0.2) is 26.3 Å². The molecule has 1 aliphatic carbocycles. The number of ether oxygens (including phenoxy) is 2. The Balaban J connectivity index is 0.000000475. The van der Waals surface area contributed by atoms with Crippen LogP contribution in [0.2, 0.25) is 0 Å². The summed E-state index contributed by atoms with van der Waals surface area (Å²) in [7, 11) is 0.680. The SMILES string of the molecule is CC.COC(F)(F)Oc1cc(F)cc(-c2c(F)cc(-c3ccc(C4CCC(C)CC4)cc3F)cc2F)c1.Fc1cccc(F)c1. The molecule has 1 aliphatic rings. The van der Waals surface area contributed by atoms with Gasteiger partial charge >= 0.3 is 6.29 Å². The van der Waals surface area contributed by atoms with Crippen LogP contribution in [0.3, 0.4) is 0 Å². The van der Waals surface area contributed by atoms with Gasteiger partial charge in [0.25, 0.3) is 0 Å². The molecule has 0 aliphatic heterocycles. The molecule has 1 fully saturated rings. The monoisotopic (exact) mass is 638 g/mol. The maximum atomic E-state index is 15.0. The van der Waals surface area contributed by atoms with Crippen molar-refractivity contribution >= 4 is 0 Å². The van der Waals surface area contributed by atoms with E-state index in [4.69, 9.17) is 0 Å². The van der Waals surface area contributed by atoms with E-state index in [-0.39, 0.29) is 22.6 Å². The zero-order valence-corrected chi connectivity index (χ0v) is 25.3. The molecule has 45 heavy (non-hydrogen) atoms. The van der Waals surface area contributed by atoms with E-state index in [9.17, 15) is 35.1 Å². The van der Waals surface area contributed by atoms with Crippen LogP contribution in [0.4, 0.5) is 35.1 Å². The van der Waals surface area contributed by atoms with Crippen molar-refractivity contribution in [1.29, 1.82) is 0 Å². The molecule has 5 rings (SSSR count). The molecular formula is C35H34F8O2. The van der Waals surface area contributed by atoms with Crippen LogP contribution in [-0.4, -0.2) is 13.4 Å². The van der Waals surface area contributed by atoms with Crippen molar-refractivity contribution in [2.24, 2.45) is 5.92 Å². The van der Waals surface area contributed by atoms with Crippen LogP contribution < -0.4 is 4.74 Å². The average Bonchev–Trinajstić information content (AvgIpc) is 2.98. The maximum absolute atomic E-state index is 15.0. The van der Waals surface area contributed by atoms with Gasteiger partial charge < -0.3 is 4.74 Å². The number of methoxy groups -OCH3 is 1. The third kappa shape index (κ3) is 9.78. The van der Waals surface area contributed by atoms with E-state index in [2.05, 4.69) is 16.4 Å². The number of hydrogen-bond donors (Lipinski definition) is 0. The molecular weight excluding hydrogens is 604 g/mol. The highest BCUT2D eigenvalue weighted by Crippen LogP contribution is 2.38. The third-order valence-electron chi connectivity index (χ3n) is 7.25. The second-order valence-electron chi connectivity index (χ2n) is 10.4. The number of benzene rings is 4. The summed E-state index contributed by atoms with van der Waals surface area (Å²) in [5.41, 5.74) is -0.187. The summed E-state index contributed by atoms with van der Waals surface area (Å²) in [6, 6.07) is 13.3. The molecule has 2 nitrogen and oxygen atoms in total. The molecule has 0 N–H and O–H groups in total. The van der Waals surface area contributed by atoms with Gasteiger partial charge in [-0.2, -0.15) is 0 Å². The predicted molar refractivity (Wildman–Crippen MR) is 158 cm³/mol. The maximum Gasteiger partial charge on any atom is 0.535 e. The number of alkyl halides is 2. The van der Waals surface area contributed by atoms with Crippen molar-refractivity contribution in [3.05, 3.63) is 113 Å². The highest BCUT2D eigenvalue weighted by molar-refractivity contribution is 5.73. The first kappa shape index (κ1) is 35.6. The molecule has 0 spiro atoms. The van der Waals surface area contributed by atoms with Gasteiger partial charge in [0.1, 0.15) is 40.7 Å². The lowest BCUT2D eigenvalue weighted by molar-refractivity contribution is -0.342. The Labute approximate surface area is 257 Å². The van der Waals surface area contributed by atoms with Crippen molar-refractivity contribution in [3.8, 4) is 28.0 Å². The van der Waals surface area contributed by atoms with Crippen molar-refractivity contribution < 1.29 is 44.6 Å². The fourth-order valence-electron chi connectivity index (χ4n) is 5.02. The second kappa shape index (κ2) is 15.9. The number of rotatable bonds is 6. The van der Waals surface area contributed by atoms with Gasteiger partial charge in [0.15, 0.2) is 0 Å². The van der Waals surface area contributed by atoms with Gasteiger partial charge in [-0.05, 0) is 83.8 Å². The fourth-order valence-corrected chi connectivity index (χ4v) is 5.02. The lowest BCUT2D eigenvalue weighted by atomic mass is 9.79. The minimum absolute atomic E-state index is 0.0188. The first-order chi connectivity index (χ1) is 21.3. The summed E-state index contributed by atoms with van der Waals surface area (Å²) in [6.07, 6.45) is 0.0103. The Morgan fingerprint density at radius 2 is 1.24 bits per heavy atom. The first-order valence-electron chi connectivity index (χ1n) is 14.5. The largest absolute Gasteiger partial charge is 0.535 e. The fraction of sp³-hybridized carbons (Fsp3) is 0.314. The highest BCUT2D eigenvalue weighted by Gasteiger charge is 2.32. The Morgan fingerprint density at radius 1 is 0.644 bits per heavy atom. The van der Waals surface area contributed by atoms with Gasteiger partial charge in [0.2, 0.25) is 0 Å². The zero-order chi connectivity index (χ0) is 33.3. The highest BCUT2D eigenvalue weighted by atomic mass is 19.3. The molecule has 242 valence electrons. The number of hydrogen-bond acceptors (Lipinski definition) is 2. The van der Waals surface area contributed by atoms with Crippen molar-refractivity contribution in [2.45, 2.75) is 58.7 Å². The van der Waals surface area contributed by atoms with E-state index >= 15 is 0 Å². The predicted octanol–water partition coefficient (Wildman–Crippen LogP) is 11.4. The molecule has 4 aromatic rings. The summed E-state index contributed by atoms with van der Waals surface area (Å²) in [5, 5.41) is 0. The Hall–Kier alpha value is -3.92. The molecule has 10 heteroatoms. The van der Waals surface area contributed by atoms with Gasteiger partial charge in [-0.1, -0.05) is 51.8 Å². The lowest BCUT2D eigenvalue weighted by Crippen LogP contribution is -2.26. The van der Waals surface area contributed by atoms with E-state index in [1.165, 1.54) is 30.3 Å². The molecule has 1 saturated carbocycles. The third-order valence-corrected chi connectivity index (χ3v) is 7.25. The van der Waals surface area contributed by atoms with Gasteiger partial charge in [-0.15, -0.1) is 8.78 Å². The molecule has 0 unspecified atom stereocenters. The van der Waals surface area contributed by atoms with Crippen LogP contribution >= 0.6 is 0 Å². The molecule has 0 bridgehead atoms. The average molecular weight is 639 g/mol. The molecule has 0 aromatic heterocycles. The number of halogens is 8. The summed E-state index contributed by atoms with van der Waals surface area (Å²) >= 11 is 0. The minimum Gasteiger partial charge on any atom is -0.409 e. The first-order valence-corrected chi connectivity index (χ1v) is 14.5. The summed E-state index contributed by atoms with van der Waals surface area (Å²) in [5.74, 6) is -4.73. The van der Waals surface area contributed by atoms with E-state index in [1.54, 1.807) is 6.07 Å². The molecule has 0 radical (unpaired) electrons. The standard InChI is InChI=1S/C27H24F6O2.C6H4F2.C2H6/c1-15-3-5-16(6-4-15)17-7-8-22(23(29)11-17)18-12-24(30)26(25(31)13-18)19-9-20(28)14-21(10-19)35-27(32,33)34-2;7-5-2-1-3-6(8)4-5;1-2/h7-16H,3-6H2,1-2H3;1-4H;1-2H3. The second-order valence-corrected chi connectivity index (χ2v) is 10.4. The van der Waals surface area contributed by atoms with Crippen LogP contribution in [0.5, 0.6) is 5.75 Å². The Bertz CT molecular complexity index is 1530. The summed E-state index contributed by atoms with van der Waals surface area (Å²) < 4.78 is 118. The lowest BCUT2D eigenvalue weighted by Gasteiger charge is -2.26. The van der Waals surface area contributed by atoms with Gasteiger partial charge in [0, 0.05) is 24.8 Å². The van der Waals surface area contributed by atoms with Crippen LogP contribution in [-0.2, 0) is 4.74 Å². The topological polar surface area (TPSA) is 18.5 Å². The van der Waals surface area contributed by atoms with Gasteiger partial charge in [-0.3, -0.25) is 4.74 Å². The smallest absolute Gasteiger partial charge is 0.409 e. The van der Waals surface area contributed by atoms with E-state index in [0.29, 0.717) is 19.1 Å². The Kier molecular flexibility index (Phi) is 12.6. The molecule has 0 heterocycles. The van der Waals surface area contributed by atoms with Crippen molar-refractivity contribution in [2.75, 3.05) is 7.11 Å². The summed E-state index contributed by atoms with van der Waals surface area (Å²) in [4.78, 5) is 0. The molecule has 0 amide bonds. The van der Waals surface area contributed by atoms with E-state index in [1.807, 2.05) is 13.8 Å². The normalized spacial score (nSPS) is 16.2. The van der Waals surface area contributed by atoms with E-state index < -0.39 is 52.5 Å². The van der Waals surface area contributed by atoms with Gasteiger partial charge in [0.05, 0.1) is 5.56 Å².